The number of fused-ring (bicyclic) bond motifs is 4. The van der Waals surface area contributed by atoms with Crippen LogP contribution in [0.5, 0.6) is 0 Å². The lowest BCUT2D eigenvalue weighted by atomic mass is 9.75. The molecule has 0 bridgehead atoms. The summed E-state index contributed by atoms with van der Waals surface area (Å²) in [6.45, 7) is 20.2. The molecule has 6 rings (SSSR count). The van der Waals surface area contributed by atoms with Gasteiger partial charge in [-0.05, 0) is 146 Å². The van der Waals surface area contributed by atoms with Crippen LogP contribution in [0.15, 0.2) is 52.4 Å². The number of alkyl carbamates (subject to hydrolysis) is 2. The Kier molecular flexibility index (Phi) is 11.7. The molecule has 2 heterocycles. The number of likely N-dealkylation sites (tertiary alicyclic amines) is 1. The van der Waals surface area contributed by atoms with Gasteiger partial charge in [0.1, 0.15) is 17.0 Å². The van der Waals surface area contributed by atoms with Crippen LogP contribution in [0.3, 0.4) is 0 Å². The van der Waals surface area contributed by atoms with Crippen molar-refractivity contribution in [1.29, 1.82) is 0 Å². The van der Waals surface area contributed by atoms with E-state index in [4.69, 9.17) is 14.5 Å². The fourth-order valence-corrected chi connectivity index (χ4v) is 8.24. The van der Waals surface area contributed by atoms with Crippen LogP contribution in [-0.2, 0) is 20.7 Å². The monoisotopic (exact) mass is 754 g/mol. The zero-order chi connectivity index (χ0) is 39.8. The van der Waals surface area contributed by atoms with Crippen molar-refractivity contribution < 1.29 is 23.9 Å². The third-order valence-corrected chi connectivity index (χ3v) is 11.0. The van der Waals surface area contributed by atoms with Crippen molar-refractivity contribution in [2.24, 2.45) is 11.8 Å². The van der Waals surface area contributed by atoms with E-state index in [0.29, 0.717) is 17.8 Å². The lowest BCUT2D eigenvalue weighted by Gasteiger charge is -2.34. The van der Waals surface area contributed by atoms with Crippen LogP contribution in [0.2, 0.25) is 0 Å². The summed E-state index contributed by atoms with van der Waals surface area (Å²) in [7, 11) is 0. The summed E-state index contributed by atoms with van der Waals surface area (Å²) in [5.41, 5.74) is 7.89. The number of nitrogens with zero attached hydrogens (tertiary/aromatic N) is 2. The van der Waals surface area contributed by atoms with Gasteiger partial charge in [0.05, 0.1) is 28.8 Å². The number of allylic oxidation sites excluding steroid dienone is 6. The molecule has 4 aliphatic rings. The molecule has 4 atom stereocenters. The summed E-state index contributed by atoms with van der Waals surface area (Å²) in [6.07, 6.45) is 12.3. The highest BCUT2D eigenvalue weighted by molar-refractivity contribution is 5.86. The largest absolute Gasteiger partial charge is 0.444 e. The van der Waals surface area contributed by atoms with E-state index in [0.717, 1.165) is 73.9 Å². The number of benzene rings is 1. The number of rotatable bonds is 9. The number of hydrogen-bond donors (Lipinski definition) is 4. The predicted octanol–water partition coefficient (Wildman–Crippen LogP) is 8.90. The van der Waals surface area contributed by atoms with Gasteiger partial charge in [-0.25, -0.2) is 14.6 Å². The predicted molar refractivity (Wildman–Crippen MR) is 217 cm³/mol. The number of aromatic nitrogens is 2. The van der Waals surface area contributed by atoms with E-state index >= 15 is 0 Å². The third-order valence-electron chi connectivity index (χ3n) is 11.0. The zero-order valence-corrected chi connectivity index (χ0v) is 34.6. The number of aryl methyl sites for hydroxylation is 1. The van der Waals surface area contributed by atoms with E-state index < -0.39 is 23.4 Å². The third kappa shape index (κ3) is 9.36. The molecule has 11 nitrogen and oxygen atoms in total. The minimum atomic E-state index is -0.671. The van der Waals surface area contributed by atoms with Crippen LogP contribution in [0, 0.1) is 11.8 Å². The van der Waals surface area contributed by atoms with Gasteiger partial charge >= 0.3 is 12.2 Å². The van der Waals surface area contributed by atoms with Gasteiger partial charge < -0.3 is 24.7 Å². The van der Waals surface area contributed by atoms with Crippen molar-refractivity contribution in [2.45, 2.75) is 150 Å². The summed E-state index contributed by atoms with van der Waals surface area (Å²) in [5.74, 6) is 1.41. The first kappa shape index (κ1) is 40.3. The van der Waals surface area contributed by atoms with Crippen LogP contribution in [0.4, 0.5) is 9.59 Å². The molecule has 3 aliphatic carbocycles. The second-order valence-corrected chi connectivity index (χ2v) is 18.1. The fourth-order valence-electron chi connectivity index (χ4n) is 8.24. The lowest BCUT2D eigenvalue weighted by Crippen LogP contribution is -2.51. The van der Waals surface area contributed by atoms with Crippen molar-refractivity contribution >= 4 is 35.2 Å². The number of nitrogens with one attached hydrogen (secondary N) is 4. The van der Waals surface area contributed by atoms with Gasteiger partial charge in [0, 0.05) is 18.3 Å². The molecule has 1 aromatic carbocycles. The van der Waals surface area contributed by atoms with Crippen LogP contribution < -0.4 is 16.0 Å². The lowest BCUT2D eigenvalue weighted by molar-refractivity contribution is -0.136. The minimum absolute atomic E-state index is 0.0577. The van der Waals surface area contributed by atoms with Gasteiger partial charge in [-0.1, -0.05) is 45.1 Å². The number of hydrogen-bond acceptors (Lipinski definition) is 7. The van der Waals surface area contributed by atoms with Crippen molar-refractivity contribution in [3.05, 3.63) is 69.3 Å². The number of carbonyl (C=O) groups excluding carboxylic acids is 3. The molecule has 1 fully saturated rings. The normalized spacial score (nSPS) is 21.3. The molecule has 55 heavy (non-hydrogen) atoms. The second kappa shape index (κ2) is 16.0. The standard InChI is InChI=1S/C44H62N6O5/c1-11-26(4)45-36(25(2)3)40(51)50-22-12-13-35(50)39-46-33-20-16-29-23-27(14-18-31(29)37(33)48-39)28-15-19-32-30(24-28)17-21-34(47-41(52)54-43(5,6)7)38(32)49-42(53)55-44(8,9)10/h15-16,19-20,23,25-26,30,35-36,45H,11-14,17-18,21-22,24H2,1-10H3,(H,46,48)(H,47,52)(H,49,53). The van der Waals surface area contributed by atoms with Crippen LogP contribution >= 0.6 is 0 Å². The molecule has 298 valence electrons. The average Bonchev–Trinajstić information content (AvgIpc) is 3.77. The quantitative estimate of drug-likeness (QED) is 0.201. The molecule has 1 aromatic heterocycles. The maximum absolute atomic E-state index is 13.9. The van der Waals surface area contributed by atoms with Gasteiger partial charge in [-0.2, -0.15) is 0 Å². The highest BCUT2D eigenvalue weighted by atomic mass is 16.6. The molecular formula is C44H62N6O5. The first-order valence-electron chi connectivity index (χ1n) is 20.3. The van der Waals surface area contributed by atoms with Gasteiger partial charge in [-0.15, -0.1) is 0 Å². The molecule has 1 aliphatic heterocycles. The Morgan fingerprint density at radius 2 is 1.64 bits per heavy atom. The molecule has 11 heteroatoms. The first-order valence-corrected chi connectivity index (χ1v) is 20.3. The maximum Gasteiger partial charge on any atom is 0.412 e. The Morgan fingerprint density at radius 1 is 0.927 bits per heavy atom. The van der Waals surface area contributed by atoms with Gasteiger partial charge in [-0.3, -0.25) is 15.4 Å². The molecule has 0 spiro atoms. The smallest absolute Gasteiger partial charge is 0.412 e. The number of carbonyl (C=O) groups is 3. The van der Waals surface area contributed by atoms with E-state index in [1.807, 2.05) is 46.4 Å². The van der Waals surface area contributed by atoms with Crippen LogP contribution in [-0.4, -0.2) is 62.8 Å². The first-order chi connectivity index (χ1) is 25.9. The van der Waals surface area contributed by atoms with E-state index in [1.54, 1.807) is 0 Å². The summed E-state index contributed by atoms with van der Waals surface area (Å²) < 4.78 is 11.2. The van der Waals surface area contributed by atoms with Crippen LogP contribution in [0.25, 0.3) is 17.1 Å². The number of imidazole rings is 1. The molecule has 2 aromatic rings. The Hall–Kier alpha value is -4.38. The zero-order valence-electron chi connectivity index (χ0n) is 34.6. The summed E-state index contributed by atoms with van der Waals surface area (Å²) in [5, 5.41) is 9.47. The van der Waals surface area contributed by atoms with E-state index in [1.165, 1.54) is 22.3 Å². The Bertz CT molecular complexity index is 1940. The van der Waals surface area contributed by atoms with Gasteiger partial charge in [0.2, 0.25) is 5.91 Å². The van der Waals surface area contributed by atoms with E-state index in [2.05, 4.69) is 79.0 Å². The van der Waals surface area contributed by atoms with Crippen molar-refractivity contribution in [1.82, 2.24) is 30.8 Å². The van der Waals surface area contributed by atoms with Crippen molar-refractivity contribution in [2.75, 3.05) is 6.54 Å². The van der Waals surface area contributed by atoms with Crippen molar-refractivity contribution in [3.63, 3.8) is 0 Å². The SMILES string of the molecule is CCC(C)NC(C(=O)N1CCCC1c1nc2c3c(ccc2[nH]1)C=C(C1=CC=C2C(NC(=O)OC(C)(C)C)=C(NC(=O)OC(C)(C)C)CCC2C1)CC3)C(C)C. The van der Waals surface area contributed by atoms with Crippen molar-refractivity contribution in [3.8, 4) is 0 Å². The molecule has 0 radical (unpaired) electrons. The average molecular weight is 755 g/mol. The Morgan fingerprint density at radius 3 is 2.31 bits per heavy atom. The molecule has 4 unspecified atom stereocenters. The number of H-pyrrole nitrogens is 1. The number of amides is 3. The summed E-state index contributed by atoms with van der Waals surface area (Å²) in [6, 6.07) is 4.31. The Balaban J connectivity index is 1.25. The molecule has 1 saturated heterocycles. The molecule has 0 saturated carbocycles. The Labute approximate surface area is 326 Å². The fraction of sp³-hybridized carbons (Fsp3) is 0.591. The topological polar surface area (TPSA) is 138 Å². The molecule has 4 N–H and O–H groups in total. The highest BCUT2D eigenvalue weighted by Crippen LogP contribution is 2.43. The maximum atomic E-state index is 13.9. The summed E-state index contributed by atoms with van der Waals surface area (Å²) in [4.78, 5) is 50.6. The number of aromatic amines is 1. The van der Waals surface area contributed by atoms with E-state index in [-0.39, 0.29) is 35.9 Å². The molecular weight excluding hydrogens is 693 g/mol. The molecule has 3 amide bonds. The van der Waals surface area contributed by atoms with Gasteiger partial charge in [0.25, 0.3) is 0 Å². The van der Waals surface area contributed by atoms with Crippen LogP contribution in [0.1, 0.15) is 137 Å². The second-order valence-electron chi connectivity index (χ2n) is 18.1. The van der Waals surface area contributed by atoms with E-state index in [9.17, 15) is 14.4 Å². The summed E-state index contributed by atoms with van der Waals surface area (Å²) >= 11 is 0. The highest BCUT2D eigenvalue weighted by Gasteiger charge is 2.38. The number of ether oxygens (including phenoxy) is 2. The minimum Gasteiger partial charge on any atom is -0.444 e. The van der Waals surface area contributed by atoms with Gasteiger partial charge in [0.15, 0.2) is 0 Å².